The Kier molecular flexibility index (Phi) is 5.94. The number of carbonyl (C=O) groups is 1. The van der Waals surface area contributed by atoms with Crippen LogP contribution in [-0.4, -0.2) is 23.3 Å². The third-order valence-electron chi connectivity index (χ3n) is 4.61. The predicted molar refractivity (Wildman–Crippen MR) is 112 cm³/mol. The van der Waals surface area contributed by atoms with Crippen molar-refractivity contribution in [3.63, 3.8) is 0 Å². The standard InChI is InChI=1S/C23H25N3O2/c1-16-9-11-21(12-10-16)26-18(3)13-20(19(26)4)14-24-25-23(27)15-28-22-8-6-5-7-17(22)2/h5-14H,15H2,1-4H3,(H,25,27)/b24-14-. The fourth-order valence-corrected chi connectivity index (χ4v) is 3.08. The quantitative estimate of drug-likeness (QED) is 0.517. The predicted octanol–water partition coefficient (Wildman–Crippen LogP) is 4.24. The molecule has 5 heteroatoms. The molecule has 0 unspecified atom stereocenters. The van der Waals surface area contributed by atoms with Crippen LogP contribution < -0.4 is 10.2 Å². The molecule has 3 rings (SSSR count). The Balaban J connectivity index is 1.63. The van der Waals surface area contributed by atoms with Gasteiger partial charge in [-0.2, -0.15) is 5.10 Å². The molecule has 1 aromatic heterocycles. The van der Waals surface area contributed by atoms with Crippen LogP contribution in [0.25, 0.3) is 5.69 Å². The lowest BCUT2D eigenvalue weighted by molar-refractivity contribution is -0.123. The molecule has 0 saturated carbocycles. The number of hydrogen-bond acceptors (Lipinski definition) is 3. The highest BCUT2D eigenvalue weighted by Gasteiger charge is 2.09. The number of benzene rings is 2. The molecule has 0 aliphatic rings. The van der Waals surface area contributed by atoms with Crippen LogP contribution in [-0.2, 0) is 4.79 Å². The van der Waals surface area contributed by atoms with Gasteiger partial charge in [-0.3, -0.25) is 4.79 Å². The summed E-state index contributed by atoms with van der Waals surface area (Å²) in [6.07, 6.45) is 1.67. The SMILES string of the molecule is Cc1ccc(-n2c(C)cc(/C=N\NC(=O)COc3ccccc3C)c2C)cc1. The molecule has 0 bridgehead atoms. The maximum Gasteiger partial charge on any atom is 0.277 e. The molecule has 1 heterocycles. The summed E-state index contributed by atoms with van der Waals surface area (Å²) in [7, 11) is 0. The van der Waals surface area contributed by atoms with Crippen molar-refractivity contribution in [3.8, 4) is 11.4 Å². The first kappa shape index (κ1) is 19.4. The number of nitrogens with one attached hydrogen (secondary N) is 1. The van der Waals surface area contributed by atoms with Crippen LogP contribution in [0.1, 0.15) is 28.1 Å². The number of aryl methyl sites for hydroxylation is 3. The lowest BCUT2D eigenvalue weighted by atomic mass is 10.2. The van der Waals surface area contributed by atoms with Crippen molar-refractivity contribution in [2.75, 3.05) is 6.61 Å². The highest BCUT2D eigenvalue weighted by Crippen LogP contribution is 2.20. The second kappa shape index (κ2) is 8.57. The fourth-order valence-electron chi connectivity index (χ4n) is 3.08. The summed E-state index contributed by atoms with van der Waals surface area (Å²) >= 11 is 0. The van der Waals surface area contributed by atoms with E-state index in [-0.39, 0.29) is 12.5 Å². The average Bonchev–Trinajstić information content (AvgIpc) is 2.95. The molecule has 0 spiro atoms. The van der Waals surface area contributed by atoms with E-state index < -0.39 is 0 Å². The smallest absolute Gasteiger partial charge is 0.277 e. The first-order valence-electron chi connectivity index (χ1n) is 9.22. The number of hydrogen-bond donors (Lipinski definition) is 1. The summed E-state index contributed by atoms with van der Waals surface area (Å²) in [5.41, 5.74) is 8.97. The lowest BCUT2D eigenvalue weighted by Crippen LogP contribution is -2.24. The highest BCUT2D eigenvalue weighted by atomic mass is 16.5. The highest BCUT2D eigenvalue weighted by molar-refractivity contribution is 5.84. The largest absolute Gasteiger partial charge is 0.483 e. The molecule has 2 aromatic carbocycles. The number of nitrogens with zero attached hydrogens (tertiary/aromatic N) is 2. The number of carbonyl (C=O) groups excluding carboxylic acids is 1. The number of ether oxygens (including phenoxy) is 1. The minimum atomic E-state index is -0.299. The topological polar surface area (TPSA) is 55.6 Å². The number of hydrazone groups is 1. The molecule has 1 N–H and O–H groups in total. The molecule has 0 atom stereocenters. The van der Waals surface area contributed by atoms with E-state index in [1.807, 2.05) is 38.1 Å². The van der Waals surface area contributed by atoms with Gasteiger partial charge >= 0.3 is 0 Å². The Bertz CT molecular complexity index is 1000. The van der Waals surface area contributed by atoms with E-state index in [0.717, 1.165) is 28.2 Å². The van der Waals surface area contributed by atoms with E-state index >= 15 is 0 Å². The molecular weight excluding hydrogens is 350 g/mol. The molecule has 0 aliphatic heterocycles. The van der Waals surface area contributed by atoms with Gasteiger partial charge in [0.25, 0.3) is 5.91 Å². The summed E-state index contributed by atoms with van der Waals surface area (Å²) < 4.78 is 7.70. The summed E-state index contributed by atoms with van der Waals surface area (Å²) in [6.45, 7) is 8.03. The van der Waals surface area contributed by atoms with Gasteiger partial charge in [-0.1, -0.05) is 35.9 Å². The lowest BCUT2D eigenvalue weighted by Gasteiger charge is -2.09. The average molecular weight is 375 g/mol. The normalized spacial score (nSPS) is 11.0. The molecule has 28 heavy (non-hydrogen) atoms. The maximum absolute atomic E-state index is 12.0. The first-order valence-corrected chi connectivity index (χ1v) is 9.22. The van der Waals surface area contributed by atoms with Gasteiger partial charge in [-0.25, -0.2) is 5.43 Å². The Morgan fingerprint density at radius 2 is 1.79 bits per heavy atom. The van der Waals surface area contributed by atoms with E-state index in [0.29, 0.717) is 5.75 Å². The first-order chi connectivity index (χ1) is 13.5. The van der Waals surface area contributed by atoms with Gasteiger partial charge in [-0.15, -0.1) is 0 Å². The summed E-state index contributed by atoms with van der Waals surface area (Å²) in [6, 6.07) is 18.0. The molecule has 1 amide bonds. The third-order valence-corrected chi connectivity index (χ3v) is 4.61. The van der Waals surface area contributed by atoms with E-state index in [2.05, 4.69) is 59.3 Å². The number of para-hydroxylation sites is 1. The van der Waals surface area contributed by atoms with Crippen molar-refractivity contribution in [3.05, 3.63) is 82.7 Å². The van der Waals surface area contributed by atoms with Crippen LogP contribution in [0.5, 0.6) is 5.75 Å². The van der Waals surface area contributed by atoms with E-state index in [4.69, 9.17) is 4.74 Å². The van der Waals surface area contributed by atoms with Crippen LogP contribution in [0, 0.1) is 27.7 Å². The zero-order valence-electron chi connectivity index (χ0n) is 16.7. The summed E-state index contributed by atoms with van der Waals surface area (Å²) in [5.74, 6) is 0.398. The van der Waals surface area contributed by atoms with Crippen LogP contribution in [0.4, 0.5) is 0 Å². The van der Waals surface area contributed by atoms with E-state index in [1.54, 1.807) is 6.21 Å². The maximum atomic E-state index is 12.0. The molecule has 5 nitrogen and oxygen atoms in total. The molecule has 0 saturated heterocycles. The second-order valence-electron chi connectivity index (χ2n) is 6.84. The van der Waals surface area contributed by atoms with Crippen LogP contribution in [0.3, 0.4) is 0 Å². The van der Waals surface area contributed by atoms with Crippen molar-refractivity contribution < 1.29 is 9.53 Å². The van der Waals surface area contributed by atoms with Crippen molar-refractivity contribution in [2.24, 2.45) is 5.10 Å². The minimum Gasteiger partial charge on any atom is -0.483 e. The molecular formula is C23H25N3O2. The van der Waals surface area contributed by atoms with Crippen molar-refractivity contribution in [1.82, 2.24) is 9.99 Å². The Morgan fingerprint density at radius 1 is 1.07 bits per heavy atom. The molecule has 3 aromatic rings. The van der Waals surface area contributed by atoms with Gasteiger partial charge in [0.2, 0.25) is 0 Å². The molecule has 0 aliphatic carbocycles. The minimum absolute atomic E-state index is 0.0788. The van der Waals surface area contributed by atoms with Crippen molar-refractivity contribution >= 4 is 12.1 Å². The number of amides is 1. The van der Waals surface area contributed by atoms with Gasteiger partial charge < -0.3 is 9.30 Å². The van der Waals surface area contributed by atoms with Crippen LogP contribution >= 0.6 is 0 Å². The van der Waals surface area contributed by atoms with Gasteiger partial charge in [0.15, 0.2) is 6.61 Å². The van der Waals surface area contributed by atoms with Crippen LogP contribution in [0.2, 0.25) is 0 Å². The molecule has 0 radical (unpaired) electrons. The van der Waals surface area contributed by atoms with Crippen molar-refractivity contribution in [1.29, 1.82) is 0 Å². The van der Waals surface area contributed by atoms with Gasteiger partial charge in [-0.05, 0) is 57.5 Å². The number of aromatic nitrogens is 1. The molecule has 0 fully saturated rings. The Morgan fingerprint density at radius 3 is 2.50 bits per heavy atom. The van der Waals surface area contributed by atoms with Crippen LogP contribution in [0.15, 0.2) is 59.7 Å². The van der Waals surface area contributed by atoms with E-state index in [1.165, 1.54) is 5.56 Å². The Labute approximate surface area is 165 Å². The zero-order valence-corrected chi connectivity index (χ0v) is 16.7. The zero-order chi connectivity index (χ0) is 20.1. The monoisotopic (exact) mass is 375 g/mol. The summed E-state index contributed by atoms with van der Waals surface area (Å²) in [4.78, 5) is 12.0. The van der Waals surface area contributed by atoms with Crippen molar-refractivity contribution in [2.45, 2.75) is 27.7 Å². The van der Waals surface area contributed by atoms with Gasteiger partial charge in [0.05, 0.1) is 6.21 Å². The third kappa shape index (κ3) is 4.49. The Hall–Kier alpha value is -3.34. The van der Waals surface area contributed by atoms with E-state index in [9.17, 15) is 4.79 Å². The van der Waals surface area contributed by atoms with Gasteiger partial charge in [0.1, 0.15) is 5.75 Å². The fraction of sp³-hybridized carbons (Fsp3) is 0.217. The molecule has 144 valence electrons. The van der Waals surface area contributed by atoms with Gasteiger partial charge in [0, 0.05) is 22.6 Å². The summed E-state index contributed by atoms with van der Waals surface area (Å²) in [5, 5.41) is 4.08. The number of rotatable bonds is 6. The second-order valence-corrected chi connectivity index (χ2v) is 6.84.